The molecular formula is C11H13BrN2O5S2. The lowest BCUT2D eigenvalue weighted by Gasteiger charge is -2.11. The zero-order valence-electron chi connectivity index (χ0n) is 10.7. The fourth-order valence-electron chi connectivity index (χ4n) is 2.01. The van der Waals surface area contributed by atoms with Crippen LogP contribution in [0.4, 0.5) is 5.69 Å². The lowest BCUT2D eigenvalue weighted by atomic mass is 10.1. The summed E-state index contributed by atoms with van der Waals surface area (Å²) in [5.41, 5.74) is 0.358. The van der Waals surface area contributed by atoms with Crippen molar-refractivity contribution in [3.63, 3.8) is 0 Å². The average Bonchev–Trinajstić information content (AvgIpc) is 2.71. The Morgan fingerprint density at radius 2 is 2.05 bits per heavy atom. The minimum Gasteiger partial charge on any atom is -0.325 e. The number of carbonyl (C=O) groups is 1. The highest BCUT2D eigenvalue weighted by Gasteiger charge is 2.33. The van der Waals surface area contributed by atoms with E-state index < -0.39 is 31.7 Å². The summed E-state index contributed by atoms with van der Waals surface area (Å²) in [4.78, 5) is 11.9. The number of hydrogen-bond acceptors (Lipinski definition) is 5. The van der Waals surface area contributed by atoms with Crippen LogP contribution in [0.25, 0.3) is 0 Å². The summed E-state index contributed by atoms with van der Waals surface area (Å²) in [5, 5.41) is 7.59. The third-order valence-electron chi connectivity index (χ3n) is 3.13. The van der Waals surface area contributed by atoms with Crippen LogP contribution in [0.2, 0.25) is 0 Å². The predicted molar refractivity (Wildman–Crippen MR) is 80.9 cm³/mol. The first-order valence-corrected chi connectivity index (χ1v) is 10.1. The van der Waals surface area contributed by atoms with Crippen LogP contribution in [0.5, 0.6) is 0 Å². The topological polar surface area (TPSA) is 123 Å². The Morgan fingerprint density at radius 1 is 1.38 bits per heavy atom. The Labute approximate surface area is 131 Å². The maximum atomic E-state index is 12.0. The van der Waals surface area contributed by atoms with Crippen LogP contribution in [0.15, 0.2) is 27.6 Å². The summed E-state index contributed by atoms with van der Waals surface area (Å²) in [6.07, 6.45) is 0.293. The molecule has 0 aromatic heterocycles. The van der Waals surface area contributed by atoms with Crippen LogP contribution in [-0.4, -0.2) is 34.2 Å². The number of halogens is 1. The van der Waals surface area contributed by atoms with Gasteiger partial charge in [-0.3, -0.25) is 4.79 Å². The number of anilines is 1. The molecule has 7 nitrogen and oxygen atoms in total. The molecule has 21 heavy (non-hydrogen) atoms. The lowest BCUT2D eigenvalue weighted by molar-refractivity contribution is -0.119. The number of rotatable bonds is 3. The number of carbonyl (C=O) groups excluding carboxylic acids is 1. The van der Waals surface area contributed by atoms with Crippen LogP contribution in [0, 0.1) is 5.92 Å². The van der Waals surface area contributed by atoms with E-state index in [4.69, 9.17) is 5.14 Å². The van der Waals surface area contributed by atoms with Gasteiger partial charge in [0.15, 0.2) is 9.84 Å². The van der Waals surface area contributed by atoms with Crippen LogP contribution in [0.3, 0.4) is 0 Å². The minimum absolute atomic E-state index is 0.0105. The summed E-state index contributed by atoms with van der Waals surface area (Å²) >= 11 is 3.15. The van der Waals surface area contributed by atoms with Gasteiger partial charge in [-0.2, -0.15) is 0 Å². The first-order chi connectivity index (χ1) is 9.58. The number of benzene rings is 1. The maximum Gasteiger partial charge on any atom is 0.238 e. The number of amides is 1. The third-order valence-corrected chi connectivity index (χ3v) is 6.47. The molecule has 1 unspecified atom stereocenters. The Bertz CT molecular complexity index is 789. The van der Waals surface area contributed by atoms with E-state index in [9.17, 15) is 21.6 Å². The largest absolute Gasteiger partial charge is 0.325 e. The highest BCUT2D eigenvalue weighted by Crippen LogP contribution is 2.27. The van der Waals surface area contributed by atoms with Gasteiger partial charge < -0.3 is 5.32 Å². The Kier molecular flexibility index (Phi) is 4.43. The second-order valence-corrected chi connectivity index (χ2v) is 9.42. The van der Waals surface area contributed by atoms with Gasteiger partial charge in [0.2, 0.25) is 15.9 Å². The van der Waals surface area contributed by atoms with Crippen molar-refractivity contribution in [2.75, 3.05) is 16.8 Å². The normalized spacial score (nSPS) is 21.1. The van der Waals surface area contributed by atoms with Gasteiger partial charge in [0.1, 0.15) is 0 Å². The SMILES string of the molecule is NS(=O)(=O)c1ccc(NC(=O)C2CCS(=O)(=O)C2)c(Br)c1. The molecule has 3 N–H and O–H groups in total. The second kappa shape index (κ2) is 5.67. The molecule has 0 aliphatic carbocycles. The summed E-state index contributed by atoms with van der Waals surface area (Å²) in [7, 11) is -6.96. The van der Waals surface area contributed by atoms with E-state index in [2.05, 4.69) is 21.2 Å². The summed E-state index contributed by atoms with van der Waals surface area (Å²) in [6, 6.07) is 3.93. The van der Waals surface area contributed by atoms with E-state index in [-0.39, 0.29) is 16.4 Å². The molecule has 1 aromatic carbocycles. The molecular weight excluding hydrogens is 384 g/mol. The van der Waals surface area contributed by atoms with Crippen LogP contribution in [-0.2, 0) is 24.7 Å². The second-order valence-electron chi connectivity index (χ2n) is 4.78. The summed E-state index contributed by atoms with van der Waals surface area (Å²) in [5.74, 6) is -1.14. The van der Waals surface area contributed by atoms with Crippen LogP contribution >= 0.6 is 15.9 Å². The number of sulfone groups is 1. The van der Waals surface area contributed by atoms with Crippen molar-refractivity contribution >= 4 is 47.4 Å². The first kappa shape index (κ1) is 16.4. The molecule has 1 heterocycles. The van der Waals surface area contributed by atoms with E-state index in [1.54, 1.807) is 0 Å². The predicted octanol–water partition coefficient (Wildman–Crippen LogP) is 0.470. The molecule has 116 valence electrons. The molecule has 1 saturated heterocycles. The van der Waals surface area contributed by atoms with Crippen molar-refractivity contribution in [2.45, 2.75) is 11.3 Å². The number of nitrogens with two attached hydrogens (primary N) is 1. The Morgan fingerprint density at radius 3 is 2.52 bits per heavy atom. The summed E-state index contributed by atoms with van der Waals surface area (Å²) in [6.45, 7) is 0. The monoisotopic (exact) mass is 396 g/mol. The van der Waals surface area contributed by atoms with Crippen molar-refractivity contribution in [3.8, 4) is 0 Å². The van der Waals surface area contributed by atoms with Crippen molar-refractivity contribution in [1.82, 2.24) is 0 Å². The molecule has 0 bridgehead atoms. The van der Waals surface area contributed by atoms with E-state index in [1.807, 2.05) is 0 Å². The molecule has 1 aliphatic heterocycles. The average molecular weight is 397 g/mol. The molecule has 1 atom stereocenters. The molecule has 0 saturated carbocycles. The number of hydrogen-bond donors (Lipinski definition) is 2. The van der Waals surface area contributed by atoms with Gasteiger partial charge in [-0.05, 0) is 40.5 Å². The van der Waals surface area contributed by atoms with Gasteiger partial charge in [0.25, 0.3) is 0 Å². The fourth-order valence-corrected chi connectivity index (χ4v) is 4.92. The van der Waals surface area contributed by atoms with E-state index in [0.717, 1.165) is 0 Å². The number of primary sulfonamides is 1. The first-order valence-electron chi connectivity index (χ1n) is 5.92. The van der Waals surface area contributed by atoms with Gasteiger partial charge in [-0.1, -0.05) is 0 Å². The lowest BCUT2D eigenvalue weighted by Crippen LogP contribution is -2.24. The Hall–Kier alpha value is -0.970. The van der Waals surface area contributed by atoms with E-state index in [0.29, 0.717) is 16.6 Å². The van der Waals surface area contributed by atoms with Crippen LogP contribution < -0.4 is 10.5 Å². The van der Waals surface area contributed by atoms with Crippen molar-refractivity contribution in [2.24, 2.45) is 11.1 Å². The molecule has 1 aromatic rings. The molecule has 1 fully saturated rings. The van der Waals surface area contributed by atoms with E-state index in [1.165, 1.54) is 18.2 Å². The van der Waals surface area contributed by atoms with Gasteiger partial charge in [-0.15, -0.1) is 0 Å². The number of nitrogens with one attached hydrogen (secondary N) is 1. The smallest absolute Gasteiger partial charge is 0.238 e. The van der Waals surface area contributed by atoms with Crippen molar-refractivity contribution in [3.05, 3.63) is 22.7 Å². The van der Waals surface area contributed by atoms with Gasteiger partial charge in [0, 0.05) is 4.47 Å². The zero-order chi connectivity index (χ0) is 15.8. The third kappa shape index (κ3) is 4.02. The highest BCUT2D eigenvalue weighted by atomic mass is 79.9. The molecule has 1 aliphatic rings. The number of sulfonamides is 1. The quantitative estimate of drug-likeness (QED) is 0.768. The van der Waals surface area contributed by atoms with Gasteiger partial charge in [-0.25, -0.2) is 22.0 Å². The Balaban J connectivity index is 2.16. The highest BCUT2D eigenvalue weighted by molar-refractivity contribution is 9.10. The molecule has 0 radical (unpaired) electrons. The van der Waals surface area contributed by atoms with Crippen LogP contribution in [0.1, 0.15) is 6.42 Å². The minimum atomic E-state index is -3.82. The summed E-state index contributed by atoms with van der Waals surface area (Å²) < 4.78 is 45.5. The standard InChI is InChI=1S/C11H13BrN2O5S2/c12-9-5-8(21(13,18)19)1-2-10(9)14-11(15)7-3-4-20(16,17)6-7/h1-2,5,7H,3-4,6H2,(H,14,15)(H2,13,18,19). The zero-order valence-corrected chi connectivity index (χ0v) is 14.0. The van der Waals surface area contributed by atoms with Gasteiger partial charge >= 0.3 is 0 Å². The van der Waals surface area contributed by atoms with Crippen molar-refractivity contribution < 1.29 is 21.6 Å². The van der Waals surface area contributed by atoms with E-state index >= 15 is 0 Å². The molecule has 0 spiro atoms. The molecule has 2 rings (SSSR count). The molecule has 10 heteroatoms. The maximum absolute atomic E-state index is 12.0. The van der Waals surface area contributed by atoms with Gasteiger partial charge in [0.05, 0.1) is 28.0 Å². The molecule has 1 amide bonds. The van der Waals surface area contributed by atoms with Crippen molar-refractivity contribution in [1.29, 1.82) is 0 Å². The fraction of sp³-hybridized carbons (Fsp3) is 0.364.